The van der Waals surface area contributed by atoms with Crippen molar-refractivity contribution in [3.8, 4) is 11.5 Å². The summed E-state index contributed by atoms with van der Waals surface area (Å²) in [5.74, 6) is 1.43. The molecule has 0 unspecified atom stereocenters. The van der Waals surface area contributed by atoms with Crippen molar-refractivity contribution < 1.29 is 14.3 Å². The lowest BCUT2D eigenvalue weighted by Crippen LogP contribution is -2.48. The van der Waals surface area contributed by atoms with E-state index in [2.05, 4.69) is 9.88 Å². The Morgan fingerprint density at radius 1 is 0.960 bits per heavy atom. The van der Waals surface area contributed by atoms with Crippen molar-refractivity contribution in [3.05, 3.63) is 53.9 Å². The molecule has 0 N–H and O–H groups in total. The number of nitrogens with zero attached hydrogens (tertiary/aromatic N) is 3. The van der Waals surface area contributed by atoms with Gasteiger partial charge < -0.3 is 14.4 Å². The van der Waals surface area contributed by atoms with Crippen LogP contribution in [0.2, 0.25) is 0 Å². The molecule has 4 rings (SSSR count). The summed E-state index contributed by atoms with van der Waals surface area (Å²) < 4.78 is 11.1. The van der Waals surface area contributed by atoms with Gasteiger partial charge in [0.05, 0.1) is 0 Å². The maximum atomic E-state index is 12.8. The Bertz CT molecular complexity index is 743. The minimum atomic E-state index is 0.0561. The predicted octanol–water partition coefficient (Wildman–Crippen LogP) is 1.81. The van der Waals surface area contributed by atoms with Crippen LogP contribution in [0.3, 0.4) is 0 Å². The molecule has 2 aromatic rings. The molecule has 1 fully saturated rings. The van der Waals surface area contributed by atoms with Gasteiger partial charge in [0, 0.05) is 50.7 Å². The molecule has 0 atom stereocenters. The number of piperazine rings is 1. The summed E-state index contributed by atoms with van der Waals surface area (Å²) in [6.07, 6.45) is 3.63. The Hall–Kier alpha value is -2.60. The Kier molecular flexibility index (Phi) is 4.52. The summed E-state index contributed by atoms with van der Waals surface area (Å²) in [6.45, 7) is 5.20. The highest BCUT2D eigenvalue weighted by molar-refractivity contribution is 5.95. The second kappa shape index (κ2) is 7.11. The normalized spacial score (nSPS) is 17.4. The number of hydrogen-bond acceptors (Lipinski definition) is 5. The Labute approximate surface area is 147 Å². The van der Waals surface area contributed by atoms with Crippen molar-refractivity contribution in [1.29, 1.82) is 0 Å². The monoisotopic (exact) mass is 339 g/mol. The summed E-state index contributed by atoms with van der Waals surface area (Å²) in [4.78, 5) is 21.1. The lowest BCUT2D eigenvalue weighted by Gasteiger charge is -2.35. The second-order valence-corrected chi connectivity index (χ2v) is 6.28. The van der Waals surface area contributed by atoms with Crippen LogP contribution in [0.25, 0.3) is 0 Å². The zero-order valence-corrected chi connectivity index (χ0v) is 14.1. The van der Waals surface area contributed by atoms with Crippen molar-refractivity contribution in [1.82, 2.24) is 14.8 Å². The summed E-state index contributed by atoms with van der Waals surface area (Å²) >= 11 is 0. The van der Waals surface area contributed by atoms with Crippen LogP contribution in [0.15, 0.2) is 42.7 Å². The van der Waals surface area contributed by atoms with Crippen LogP contribution in [-0.4, -0.2) is 60.1 Å². The molecule has 2 aliphatic rings. The van der Waals surface area contributed by atoms with Gasteiger partial charge in [0.15, 0.2) is 11.5 Å². The van der Waals surface area contributed by atoms with E-state index in [1.165, 1.54) is 5.56 Å². The van der Waals surface area contributed by atoms with Gasteiger partial charge >= 0.3 is 0 Å². The topological polar surface area (TPSA) is 54.9 Å². The zero-order chi connectivity index (χ0) is 17.1. The Morgan fingerprint density at radius 3 is 2.44 bits per heavy atom. The lowest BCUT2D eigenvalue weighted by atomic mass is 10.1. The van der Waals surface area contributed by atoms with Crippen molar-refractivity contribution in [2.45, 2.75) is 6.54 Å². The van der Waals surface area contributed by atoms with Gasteiger partial charge in [-0.05, 0) is 35.9 Å². The van der Waals surface area contributed by atoms with Crippen LogP contribution in [0.4, 0.5) is 0 Å². The van der Waals surface area contributed by atoms with Gasteiger partial charge in [-0.2, -0.15) is 0 Å². The molecule has 0 saturated carbocycles. The first-order chi connectivity index (χ1) is 12.3. The molecule has 6 heteroatoms. The molecule has 0 aliphatic carbocycles. The number of amides is 1. The molecule has 0 spiro atoms. The van der Waals surface area contributed by atoms with E-state index < -0.39 is 0 Å². The maximum absolute atomic E-state index is 12.8. The number of carbonyl (C=O) groups is 1. The first-order valence-corrected chi connectivity index (χ1v) is 8.60. The summed E-state index contributed by atoms with van der Waals surface area (Å²) in [5, 5.41) is 0. The van der Waals surface area contributed by atoms with E-state index >= 15 is 0 Å². The zero-order valence-electron chi connectivity index (χ0n) is 14.1. The van der Waals surface area contributed by atoms with Crippen LogP contribution in [0.5, 0.6) is 11.5 Å². The highest BCUT2D eigenvalue weighted by Gasteiger charge is 2.23. The van der Waals surface area contributed by atoms with Crippen LogP contribution in [0, 0.1) is 0 Å². The van der Waals surface area contributed by atoms with E-state index in [9.17, 15) is 4.79 Å². The fourth-order valence-electron chi connectivity index (χ4n) is 3.21. The van der Waals surface area contributed by atoms with Gasteiger partial charge in [-0.1, -0.05) is 0 Å². The molecule has 1 aromatic carbocycles. The van der Waals surface area contributed by atoms with Crippen molar-refractivity contribution in [2.75, 3.05) is 39.4 Å². The van der Waals surface area contributed by atoms with E-state index in [4.69, 9.17) is 9.47 Å². The van der Waals surface area contributed by atoms with Gasteiger partial charge in [-0.15, -0.1) is 0 Å². The summed E-state index contributed by atoms with van der Waals surface area (Å²) in [6, 6.07) is 9.50. The van der Waals surface area contributed by atoms with Gasteiger partial charge in [-0.25, -0.2) is 0 Å². The third kappa shape index (κ3) is 3.58. The average molecular weight is 339 g/mol. The number of carbonyl (C=O) groups excluding carboxylic acids is 1. The number of aromatic nitrogens is 1. The fourth-order valence-corrected chi connectivity index (χ4v) is 3.21. The highest BCUT2D eigenvalue weighted by Crippen LogP contribution is 2.31. The number of pyridine rings is 1. The van der Waals surface area contributed by atoms with Crippen LogP contribution in [-0.2, 0) is 6.54 Å². The molecule has 0 bridgehead atoms. The van der Waals surface area contributed by atoms with Crippen molar-refractivity contribution in [2.24, 2.45) is 0 Å². The standard InChI is InChI=1S/C19H21N3O3/c23-19(16-1-2-17-18(13-16)25-12-11-24-17)22-9-7-21(8-10-22)14-15-3-5-20-6-4-15/h1-6,13H,7-12,14H2. The quantitative estimate of drug-likeness (QED) is 0.854. The molecule has 1 saturated heterocycles. The third-order valence-corrected chi connectivity index (χ3v) is 4.60. The van der Waals surface area contributed by atoms with Gasteiger partial charge in [0.2, 0.25) is 0 Å². The second-order valence-electron chi connectivity index (χ2n) is 6.28. The average Bonchev–Trinajstić information content (AvgIpc) is 2.68. The number of fused-ring (bicyclic) bond motifs is 1. The highest BCUT2D eigenvalue weighted by atomic mass is 16.6. The molecular weight excluding hydrogens is 318 g/mol. The molecule has 25 heavy (non-hydrogen) atoms. The maximum Gasteiger partial charge on any atom is 0.254 e. The number of rotatable bonds is 3. The van der Waals surface area contributed by atoms with Crippen LogP contribution in [0.1, 0.15) is 15.9 Å². The number of benzene rings is 1. The summed E-state index contributed by atoms with van der Waals surface area (Å²) in [7, 11) is 0. The minimum absolute atomic E-state index is 0.0561. The molecule has 130 valence electrons. The number of ether oxygens (including phenoxy) is 2. The van der Waals surface area contributed by atoms with E-state index in [0.29, 0.717) is 30.3 Å². The first kappa shape index (κ1) is 15.9. The van der Waals surface area contributed by atoms with Gasteiger partial charge in [0.25, 0.3) is 5.91 Å². The minimum Gasteiger partial charge on any atom is -0.486 e. The molecular formula is C19H21N3O3. The van der Waals surface area contributed by atoms with Crippen molar-refractivity contribution >= 4 is 5.91 Å². The Morgan fingerprint density at radius 2 is 1.68 bits per heavy atom. The van der Waals surface area contributed by atoms with Crippen LogP contribution < -0.4 is 9.47 Å². The molecule has 0 radical (unpaired) electrons. The van der Waals surface area contributed by atoms with Crippen LogP contribution >= 0.6 is 0 Å². The Balaban J connectivity index is 1.36. The number of hydrogen-bond donors (Lipinski definition) is 0. The molecule has 1 aromatic heterocycles. The van der Waals surface area contributed by atoms with Gasteiger partial charge in [0.1, 0.15) is 13.2 Å². The fraction of sp³-hybridized carbons (Fsp3) is 0.368. The molecule has 2 aliphatic heterocycles. The molecule has 3 heterocycles. The van der Waals surface area contributed by atoms with E-state index in [0.717, 1.165) is 32.7 Å². The smallest absolute Gasteiger partial charge is 0.254 e. The predicted molar refractivity (Wildman–Crippen MR) is 92.8 cm³/mol. The van der Waals surface area contributed by atoms with E-state index in [1.807, 2.05) is 41.6 Å². The van der Waals surface area contributed by atoms with E-state index in [1.54, 1.807) is 6.07 Å². The van der Waals surface area contributed by atoms with Gasteiger partial charge in [-0.3, -0.25) is 14.7 Å². The van der Waals surface area contributed by atoms with Crippen molar-refractivity contribution in [3.63, 3.8) is 0 Å². The summed E-state index contributed by atoms with van der Waals surface area (Å²) in [5.41, 5.74) is 1.91. The lowest BCUT2D eigenvalue weighted by molar-refractivity contribution is 0.0627. The SMILES string of the molecule is O=C(c1ccc2c(c1)OCCO2)N1CCN(Cc2ccncc2)CC1. The molecule has 6 nitrogen and oxygen atoms in total. The first-order valence-electron chi connectivity index (χ1n) is 8.60. The third-order valence-electron chi connectivity index (χ3n) is 4.60. The van der Waals surface area contributed by atoms with E-state index in [-0.39, 0.29) is 5.91 Å². The largest absolute Gasteiger partial charge is 0.486 e. The molecule has 1 amide bonds.